The average molecular weight is 373 g/mol. The lowest BCUT2D eigenvalue weighted by molar-refractivity contribution is 0.104. The molecule has 1 aromatic heterocycles. The van der Waals surface area contributed by atoms with E-state index in [1.165, 1.54) is 11.8 Å². The molecule has 2 aromatic carbocycles. The highest BCUT2D eigenvalue weighted by Gasteiger charge is 2.25. The third-order valence-corrected chi connectivity index (χ3v) is 5.32. The number of ketones is 1. The van der Waals surface area contributed by atoms with Crippen molar-refractivity contribution in [3.05, 3.63) is 80.9 Å². The van der Waals surface area contributed by atoms with E-state index in [0.29, 0.717) is 26.5 Å². The lowest BCUT2D eigenvalue weighted by Gasteiger charge is -2.01. The van der Waals surface area contributed by atoms with Gasteiger partial charge < -0.3 is 4.42 Å². The Morgan fingerprint density at radius 3 is 2.58 bits per heavy atom. The van der Waals surface area contributed by atoms with Crippen LogP contribution >= 0.6 is 35.0 Å². The second-order valence-electron chi connectivity index (χ2n) is 5.26. The zero-order valence-corrected chi connectivity index (χ0v) is 14.6. The van der Waals surface area contributed by atoms with Crippen LogP contribution in [-0.4, -0.2) is 5.78 Å². The number of rotatable bonds is 2. The summed E-state index contributed by atoms with van der Waals surface area (Å²) in [7, 11) is 0. The maximum absolute atomic E-state index is 12.4. The summed E-state index contributed by atoms with van der Waals surface area (Å²) < 4.78 is 5.83. The number of hydrogen-bond donors (Lipinski definition) is 0. The van der Waals surface area contributed by atoms with Crippen molar-refractivity contribution in [2.45, 2.75) is 4.90 Å². The molecule has 0 fully saturated rings. The molecule has 0 saturated heterocycles. The van der Waals surface area contributed by atoms with Crippen molar-refractivity contribution in [3.8, 4) is 11.3 Å². The van der Waals surface area contributed by atoms with Crippen molar-refractivity contribution in [2.75, 3.05) is 0 Å². The van der Waals surface area contributed by atoms with Crippen molar-refractivity contribution in [1.82, 2.24) is 0 Å². The van der Waals surface area contributed by atoms with Gasteiger partial charge in [0.05, 0.1) is 9.93 Å². The third kappa shape index (κ3) is 2.80. The van der Waals surface area contributed by atoms with E-state index in [0.717, 1.165) is 16.0 Å². The smallest absolute Gasteiger partial charge is 0.200 e. The predicted octanol–water partition coefficient (Wildman–Crippen LogP) is 6.58. The lowest BCUT2D eigenvalue weighted by Crippen LogP contribution is -1.93. The number of halogens is 2. The molecule has 4 rings (SSSR count). The summed E-state index contributed by atoms with van der Waals surface area (Å²) in [6.45, 7) is 0. The molecule has 0 saturated carbocycles. The van der Waals surface area contributed by atoms with Gasteiger partial charge in [0, 0.05) is 21.0 Å². The van der Waals surface area contributed by atoms with E-state index in [9.17, 15) is 4.79 Å². The number of carbonyl (C=O) groups excluding carboxylic acids is 1. The van der Waals surface area contributed by atoms with Crippen molar-refractivity contribution in [1.29, 1.82) is 0 Å². The van der Waals surface area contributed by atoms with Gasteiger partial charge in [-0.15, -0.1) is 0 Å². The second kappa shape index (κ2) is 6.17. The van der Waals surface area contributed by atoms with E-state index in [-0.39, 0.29) is 5.78 Å². The lowest BCUT2D eigenvalue weighted by atomic mass is 10.1. The Morgan fingerprint density at radius 2 is 1.79 bits per heavy atom. The molecular formula is C19H10Cl2O2S. The monoisotopic (exact) mass is 372 g/mol. The van der Waals surface area contributed by atoms with Crippen LogP contribution in [0.5, 0.6) is 0 Å². The highest BCUT2D eigenvalue weighted by molar-refractivity contribution is 8.04. The molecule has 0 atom stereocenters. The number of carbonyl (C=O) groups is 1. The molecule has 0 radical (unpaired) electrons. The average Bonchev–Trinajstić information content (AvgIpc) is 3.14. The summed E-state index contributed by atoms with van der Waals surface area (Å²) in [5, 5.41) is 1.10. The van der Waals surface area contributed by atoms with Gasteiger partial charge in [-0.1, -0.05) is 47.1 Å². The fourth-order valence-corrected chi connectivity index (χ4v) is 4.06. The topological polar surface area (TPSA) is 30.2 Å². The summed E-state index contributed by atoms with van der Waals surface area (Å²) >= 11 is 13.6. The molecule has 24 heavy (non-hydrogen) atoms. The van der Waals surface area contributed by atoms with Crippen LogP contribution in [0.4, 0.5) is 0 Å². The predicted molar refractivity (Wildman–Crippen MR) is 98.8 cm³/mol. The van der Waals surface area contributed by atoms with Crippen molar-refractivity contribution in [3.63, 3.8) is 0 Å². The summed E-state index contributed by atoms with van der Waals surface area (Å²) in [4.78, 5) is 14.0. The van der Waals surface area contributed by atoms with Crippen molar-refractivity contribution >= 4 is 46.8 Å². The van der Waals surface area contributed by atoms with E-state index in [1.54, 1.807) is 18.2 Å². The molecule has 2 nitrogen and oxygen atoms in total. The van der Waals surface area contributed by atoms with Crippen LogP contribution in [0.3, 0.4) is 0 Å². The van der Waals surface area contributed by atoms with Crippen molar-refractivity contribution in [2.24, 2.45) is 0 Å². The SMILES string of the molecule is O=C1C(=Cc2ccc(-c3ccc(Cl)cc3Cl)o2)Sc2ccccc21. The quantitative estimate of drug-likeness (QED) is 0.475. The van der Waals surface area contributed by atoms with Crippen LogP contribution in [-0.2, 0) is 0 Å². The molecule has 0 amide bonds. The minimum absolute atomic E-state index is 0.0260. The Bertz CT molecular complexity index is 989. The molecule has 0 aliphatic carbocycles. The Hall–Kier alpha value is -1.94. The number of thioether (sulfide) groups is 1. The standard InChI is InChI=1S/C19H10Cl2O2S/c20-11-5-7-13(15(21)9-11)16-8-6-12(23-16)10-18-19(22)14-3-1-2-4-17(14)24-18/h1-10H. The van der Waals surface area contributed by atoms with E-state index >= 15 is 0 Å². The van der Waals surface area contributed by atoms with E-state index in [1.807, 2.05) is 42.5 Å². The molecule has 0 N–H and O–H groups in total. The van der Waals surface area contributed by atoms with E-state index < -0.39 is 0 Å². The van der Waals surface area contributed by atoms with Crippen LogP contribution in [0.25, 0.3) is 17.4 Å². The normalized spacial score (nSPS) is 15.1. The summed E-state index contributed by atoms with van der Waals surface area (Å²) in [5.74, 6) is 1.27. The molecule has 0 unspecified atom stereocenters. The number of hydrogen-bond acceptors (Lipinski definition) is 3. The van der Waals surface area contributed by atoms with Gasteiger partial charge in [-0.05, 0) is 48.5 Å². The fourth-order valence-electron chi connectivity index (χ4n) is 2.53. The van der Waals surface area contributed by atoms with Gasteiger partial charge in [0.25, 0.3) is 0 Å². The molecule has 118 valence electrons. The highest BCUT2D eigenvalue weighted by Crippen LogP contribution is 2.41. The number of benzene rings is 2. The Balaban J connectivity index is 1.66. The molecule has 5 heteroatoms. The second-order valence-corrected chi connectivity index (χ2v) is 7.19. The van der Waals surface area contributed by atoms with Crippen LogP contribution in [0, 0.1) is 0 Å². The van der Waals surface area contributed by atoms with E-state index in [4.69, 9.17) is 27.6 Å². The Morgan fingerprint density at radius 1 is 0.958 bits per heavy atom. The highest BCUT2D eigenvalue weighted by atomic mass is 35.5. The minimum atomic E-state index is 0.0260. The van der Waals surface area contributed by atoms with Crippen LogP contribution in [0.2, 0.25) is 10.0 Å². The van der Waals surface area contributed by atoms with Gasteiger partial charge >= 0.3 is 0 Å². The van der Waals surface area contributed by atoms with Crippen molar-refractivity contribution < 1.29 is 9.21 Å². The zero-order valence-electron chi connectivity index (χ0n) is 12.3. The molecule has 1 aliphatic heterocycles. The first-order valence-electron chi connectivity index (χ1n) is 7.20. The zero-order chi connectivity index (χ0) is 16.7. The Kier molecular flexibility index (Phi) is 4.01. The van der Waals surface area contributed by atoms with Gasteiger partial charge in [0.15, 0.2) is 0 Å². The first-order chi connectivity index (χ1) is 11.6. The van der Waals surface area contributed by atoms with Crippen LogP contribution in [0.15, 0.2) is 68.8 Å². The largest absolute Gasteiger partial charge is 0.457 e. The number of allylic oxidation sites excluding steroid dienone is 1. The van der Waals surface area contributed by atoms with Gasteiger partial charge in [0.1, 0.15) is 11.5 Å². The number of Topliss-reactive ketones (excluding diaryl/α,β-unsaturated/α-hetero) is 1. The summed E-state index contributed by atoms with van der Waals surface area (Å²) in [5.41, 5.74) is 1.50. The van der Waals surface area contributed by atoms with E-state index in [2.05, 4.69) is 0 Å². The summed E-state index contributed by atoms with van der Waals surface area (Å²) in [6, 6.07) is 16.5. The third-order valence-electron chi connectivity index (χ3n) is 3.67. The molecule has 1 aliphatic rings. The molecule has 3 aromatic rings. The maximum Gasteiger partial charge on any atom is 0.200 e. The maximum atomic E-state index is 12.4. The van der Waals surface area contributed by atoms with Gasteiger partial charge in [0.2, 0.25) is 5.78 Å². The first kappa shape index (κ1) is 15.6. The Labute approximate surface area is 153 Å². The first-order valence-corrected chi connectivity index (χ1v) is 8.77. The molecule has 0 spiro atoms. The van der Waals surface area contributed by atoms with Gasteiger partial charge in [-0.25, -0.2) is 0 Å². The number of furan rings is 1. The molecular weight excluding hydrogens is 363 g/mol. The van der Waals surface area contributed by atoms with Gasteiger partial charge in [-0.3, -0.25) is 4.79 Å². The number of fused-ring (bicyclic) bond motifs is 1. The van der Waals surface area contributed by atoms with Crippen LogP contribution in [0.1, 0.15) is 16.1 Å². The van der Waals surface area contributed by atoms with Crippen LogP contribution < -0.4 is 0 Å². The molecule has 2 heterocycles. The summed E-state index contributed by atoms with van der Waals surface area (Å²) in [6.07, 6.45) is 1.76. The van der Waals surface area contributed by atoms with Gasteiger partial charge in [-0.2, -0.15) is 0 Å². The minimum Gasteiger partial charge on any atom is -0.457 e. The molecule has 0 bridgehead atoms. The fraction of sp³-hybridized carbons (Fsp3) is 0.